The largest absolute Gasteiger partial charge is 0.357 e. The number of aliphatic imine (C=N–C) groups is 1. The maximum atomic E-state index is 12.3. The number of piperidine rings is 1. The third kappa shape index (κ3) is 5.59. The molecule has 2 rings (SSSR count). The molecule has 0 aromatic carbocycles. The standard InChI is InChI=1S/C19H38N4O2S/c1-6-20-18(23-10-11-26(24,25)19(4,5)15-23)21-12-17-8-7-9-22(14-17)13-16(2)3/h16-17H,6-15H2,1-5H3,(H,20,21). The van der Waals surface area contributed by atoms with E-state index in [1.165, 1.54) is 25.9 Å². The summed E-state index contributed by atoms with van der Waals surface area (Å²) >= 11 is 0. The third-order valence-corrected chi connectivity index (χ3v) is 7.94. The van der Waals surface area contributed by atoms with Crippen molar-refractivity contribution >= 4 is 15.8 Å². The van der Waals surface area contributed by atoms with Gasteiger partial charge in [-0.3, -0.25) is 4.99 Å². The first-order chi connectivity index (χ1) is 12.1. The van der Waals surface area contributed by atoms with E-state index in [0.717, 1.165) is 25.6 Å². The van der Waals surface area contributed by atoms with E-state index in [4.69, 9.17) is 4.99 Å². The second kappa shape index (κ2) is 8.91. The third-order valence-electron chi connectivity index (χ3n) is 5.40. The Balaban J connectivity index is 2.00. The van der Waals surface area contributed by atoms with E-state index in [1.54, 1.807) is 0 Å². The van der Waals surface area contributed by atoms with E-state index in [0.29, 0.717) is 24.9 Å². The lowest BCUT2D eigenvalue weighted by Gasteiger charge is -2.39. The van der Waals surface area contributed by atoms with Gasteiger partial charge in [-0.1, -0.05) is 13.8 Å². The Morgan fingerprint density at radius 2 is 2.04 bits per heavy atom. The molecule has 0 saturated carbocycles. The summed E-state index contributed by atoms with van der Waals surface area (Å²) in [6, 6.07) is 0. The Morgan fingerprint density at radius 3 is 2.65 bits per heavy atom. The zero-order valence-corrected chi connectivity index (χ0v) is 18.1. The Kier molecular flexibility index (Phi) is 7.36. The van der Waals surface area contributed by atoms with Gasteiger partial charge in [-0.2, -0.15) is 0 Å². The minimum absolute atomic E-state index is 0.204. The van der Waals surface area contributed by atoms with Crippen LogP contribution >= 0.6 is 0 Å². The fourth-order valence-corrected chi connectivity index (χ4v) is 5.31. The van der Waals surface area contributed by atoms with Gasteiger partial charge in [0.1, 0.15) is 0 Å². The Bertz CT molecular complexity index is 586. The molecule has 1 N–H and O–H groups in total. The second-order valence-electron chi connectivity index (χ2n) is 8.86. The topological polar surface area (TPSA) is 65.0 Å². The van der Waals surface area contributed by atoms with Gasteiger partial charge in [0.25, 0.3) is 0 Å². The summed E-state index contributed by atoms with van der Waals surface area (Å²) in [6.07, 6.45) is 2.48. The summed E-state index contributed by atoms with van der Waals surface area (Å²) < 4.78 is 23.8. The van der Waals surface area contributed by atoms with Gasteiger partial charge in [0, 0.05) is 39.3 Å². The number of guanidine groups is 1. The first-order valence-corrected chi connectivity index (χ1v) is 11.8. The average Bonchev–Trinajstić information content (AvgIpc) is 2.54. The van der Waals surface area contributed by atoms with Crippen molar-refractivity contribution in [1.29, 1.82) is 0 Å². The van der Waals surface area contributed by atoms with Crippen molar-refractivity contribution in [2.45, 2.75) is 52.2 Å². The van der Waals surface area contributed by atoms with Crippen LogP contribution < -0.4 is 5.32 Å². The Labute approximate surface area is 160 Å². The molecule has 152 valence electrons. The molecule has 2 saturated heterocycles. The summed E-state index contributed by atoms with van der Waals surface area (Å²) in [5.41, 5.74) is 0. The first-order valence-electron chi connectivity index (χ1n) is 10.1. The molecule has 0 bridgehead atoms. The highest BCUT2D eigenvalue weighted by Gasteiger charge is 2.41. The fourth-order valence-electron chi connectivity index (χ4n) is 3.95. The van der Waals surface area contributed by atoms with Gasteiger partial charge in [-0.15, -0.1) is 0 Å². The van der Waals surface area contributed by atoms with Crippen LogP contribution in [0.4, 0.5) is 0 Å². The SMILES string of the molecule is CCNC(=NCC1CCCN(CC(C)C)C1)N1CCS(=O)(=O)C(C)(C)C1. The van der Waals surface area contributed by atoms with Gasteiger partial charge < -0.3 is 15.1 Å². The summed E-state index contributed by atoms with van der Waals surface area (Å²) in [5, 5.41) is 3.37. The van der Waals surface area contributed by atoms with Crippen LogP contribution in [0.5, 0.6) is 0 Å². The molecule has 0 aliphatic carbocycles. The second-order valence-corrected chi connectivity index (χ2v) is 11.6. The van der Waals surface area contributed by atoms with Gasteiger partial charge in [0.05, 0.1) is 10.5 Å². The number of nitrogens with one attached hydrogen (secondary N) is 1. The molecule has 7 heteroatoms. The van der Waals surface area contributed by atoms with E-state index in [1.807, 2.05) is 13.8 Å². The fraction of sp³-hybridized carbons (Fsp3) is 0.947. The van der Waals surface area contributed by atoms with Crippen LogP contribution in [0.25, 0.3) is 0 Å². The van der Waals surface area contributed by atoms with E-state index >= 15 is 0 Å². The van der Waals surface area contributed by atoms with Crippen molar-refractivity contribution < 1.29 is 8.42 Å². The summed E-state index contributed by atoms with van der Waals surface area (Å²) in [5.74, 6) is 2.37. The van der Waals surface area contributed by atoms with Crippen molar-refractivity contribution in [3.63, 3.8) is 0 Å². The Hall–Kier alpha value is -0.820. The number of likely N-dealkylation sites (tertiary alicyclic amines) is 1. The molecule has 0 aromatic rings. The molecular formula is C19H38N4O2S. The number of nitrogens with zero attached hydrogens (tertiary/aromatic N) is 3. The van der Waals surface area contributed by atoms with Gasteiger partial charge in [0.2, 0.25) is 0 Å². The first kappa shape index (κ1) is 21.5. The molecule has 0 spiro atoms. The Morgan fingerprint density at radius 1 is 1.31 bits per heavy atom. The molecule has 26 heavy (non-hydrogen) atoms. The van der Waals surface area contributed by atoms with Crippen molar-refractivity contribution in [3.8, 4) is 0 Å². The van der Waals surface area contributed by atoms with Crippen molar-refractivity contribution in [3.05, 3.63) is 0 Å². The lowest BCUT2D eigenvalue weighted by molar-refractivity contribution is 0.162. The molecule has 0 aromatic heterocycles. The minimum Gasteiger partial charge on any atom is -0.357 e. The molecular weight excluding hydrogens is 348 g/mol. The average molecular weight is 387 g/mol. The van der Waals surface area contributed by atoms with Gasteiger partial charge in [0.15, 0.2) is 15.8 Å². The summed E-state index contributed by atoms with van der Waals surface area (Å²) in [6.45, 7) is 16.4. The van der Waals surface area contributed by atoms with Crippen LogP contribution in [0.2, 0.25) is 0 Å². The van der Waals surface area contributed by atoms with Gasteiger partial charge >= 0.3 is 0 Å². The molecule has 2 aliphatic rings. The van der Waals surface area contributed by atoms with E-state index < -0.39 is 14.6 Å². The van der Waals surface area contributed by atoms with Crippen LogP contribution in [0.15, 0.2) is 4.99 Å². The zero-order chi connectivity index (χ0) is 19.4. The molecule has 1 atom stereocenters. The van der Waals surface area contributed by atoms with Crippen LogP contribution in [0.1, 0.15) is 47.5 Å². The van der Waals surface area contributed by atoms with Crippen molar-refractivity contribution in [1.82, 2.24) is 15.1 Å². The monoisotopic (exact) mass is 386 g/mol. The number of sulfone groups is 1. The van der Waals surface area contributed by atoms with E-state index in [-0.39, 0.29) is 5.75 Å². The predicted octanol–water partition coefficient (Wildman–Crippen LogP) is 1.83. The number of rotatable bonds is 5. The smallest absolute Gasteiger partial charge is 0.194 e. The van der Waals surface area contributed by atoms with Crippen LogP contribution in [-0.2, 0) is 9.84 Å². The maximum absolute atomic E-state index is 12.3. The van der Waals surface area contributed by atoms with Gasteiger partial charge in [-0.25, -0.2) is 8.42 Å². The number of hydrogen-bond acceptors (Lipinski definition) is 4. The van der Waals surface area contributed by atoms with Gasteiger partial charge in [-0.05, 0) is 52.0 Å². The highest BCUT2D eigenvalue weighted by molar-refractivity contribution is 7.92. The molecule has 2 fully saturated rings. The van der Waals surface area contributed by atoms with Crippen LogP contribution in [0.3, 0.4) is 0 Å². The highest BCUT2D eigenvalue weighted by Crippen LogP contribution is 2.24. The zero-order valence-electron chi connectivity index (χ0n) is 17.3. The molecule has 1 unspecified atom stereocenters. The van der Waals surface area contributed by atoms with E-state index in [9.17, 15) is 8.42 Å². The molecule has 2 aliphatic heterocycles. The normalized spacial score (nSPS) is 26.9. The van der Waals surface area contributed by atoms with Crippen molar-refractivity contribution in [2.75, 3.05) is 51.6 Å². The summed E-state index contributed by atoms with van der Waals surface area (Å²) in [4.78, 5) is 9.59. The van der Waals surface area contributed by atoms with Crippen LogP contribution in [0, 0.1) is 11.8 Å². The number of hydrogen-bond donors (Lipinski definition) is 1. The molecule has 0 radical (unpaired) electrons. The highest BCUT2D eigenvalue weighted by atomic mass is 32.2. The van der Waals surface area contributed by atoms with Crippen molar-refractivity contribution in [2.24, 2.45) is 16.8 Å². The minimum atomic E-state index is -3.03. The van der Waals surface area contributed by atoms with Crippen LogP contribution in [-0.4, -0.2) is 80.5 Å². The van der Waals surface area contributed by atoms with E-state index in [2.05, 4.69) is 35.9 Å². The summed E-state index contributed by atoms with van der Waals surface area (Å²) in [7, 11) is -3.03. The molecule has 6 nitrogen and oxygen atoms in total. The quantitative estimate of drug-likeness (QED) is 0.577. The lowest BCUT2D eigenvalue weighted by Crippen LogP contribution is -2.57. The maximum Gasteiger partial charge on any atom is 0.194 e. The molecule has 2 heterocycles. The molecule has 0 amide bonds. The lowest BCUT2D eigenvalue weighted by atomic mass is 9.97. The predicted molar refractivity (Wildman–Crippen MR) is 109 cm³/mol.